The topological polar surface area (TPSA) is 53.1 Å². The Morgan fingerprint density at radius 1 is 1.42 bits per heavy atom. The van der Waals surface area contributed by atoms with Crippen LogP contribution in [0.4, 0.5) is 11.6 Å². The first kappa shape index (κ1) is 14.4. The molecule has 6 heteroatoms. The van der Waals surface area contributed by atoms with Gasteiger partial charge in [0.25, 0.3) is 0 Å². The summed E-state index contributed by atoms with van der Waals surface area (Å²) >= 11 is 1.58. The van der Waals surface area contributed by atoms with Gasteiger partial charge in [-0.25, -0.2) is 9.97 Å². The Balaban J connectivity index is 2.05. The number of thioether (sulfide) groups is 1. The molecule has 1 aliphatic heterocycles. The Morgan fingerprint density at radius 3 is 2.84 bits per heavy atom. The molecule has 0 spiro atoms. The summed E-state index contributed by atoms with van der Waals surface area (Å²) in [6.45, 7) is 5.32. The highest BCUT2D eigenvalue weighted by atomic mass is 32.2. The van der Waals surface area contributed by atoms with Gasteiger partial charge in [0.15, 0.2) is 5.16 Å². The lowest BCUT2D eigenvalue weighted by Crippen LogP contribution is -2.24. The largest absolute Gasteiger partial charge is 0.370 e. The summed E-state index contributed by atoms with van der Waals surface area (Å²) in [5.74, 6) is 1.84. The molecule has 2 N–H and O–H groups in total. The van der Waals surface area contributed by atoms with Crippen LogP contribution in [0.5, 0.6) is 0 Å². The van der Waals surface area contributed by atoms with E-state index in [4.69, 9.17) is 0 Å². The van der Waals surface area contributed by atoms with Crippen LogP contribution in [0.15, 0.2) is 11.2 Å². The third-order valence-corrected chi connectivity index (χ3v) is 3.74. The van der Waals surface area contributed by atoms with Gasteiger partial charge < -0.3 is 15.5 Å². The average molecular weight is 281 g/mol. The molecule has 1 aliphatic rings. The van der Waals surface area contributed by atoms with Crippen molar-refractivity contribution in [2.45, 2.75) is 31.0 Å². The third-order valence-electron chi connectivity index (χ3n) is 3.19. The summed E-state index contributed by atoms with van der Waals surface area (Å²) in [5.41, 5.74) is 0. The van der Waals surface area contributed by atoms with Crippen molar-refractivity contribution in [3.05, 3.63) is 6.07 Å². The number of anilines is 2. The number of likely N-dealkylation sites (N-methyl/N-ethyl adjacent to an activating group) is 1. The fourth-order valence-electron chi connectivity index (χ4n) is 2.20. The maximum absolute atomic E-state index is 4.53. The van der Waals surface area contributed by atoms with E-state index < -0.39 is 0 Å². The fourth-order valence-corrected chi connectivity index (χ4v) is 2.58. The van der Waals surface area contributed by atoms with Crippen LogP contribution in [0.25, 0.3) is 0 Å². The zero-order valence-electron chi connectivity index (χ0n) is 11.9. The molecular weight excluding hydrogens is 258 g/mol. The van der Waals surface area contributed by atoms with Crippen molar-refractivity contribution in [1.82, 2.24) is 14.9 Å². The lowest BCUT2D eigenvalue weighted by Gasteiger charge is -2.15. The van der Waals surface area contributed by atoms with E-state index in [0.29, 0.717) is 6.04 Å². The van der Waals surface area contributed by atoms with Crippen LogP contribution in [-0.2, 0) is 0 Å². The van der Waals surface area contributed by atoms with E-state index in [1.165, 1.54) is 6.42 Å². The van der Waals surface area contributed by atoms with Crippen molar-refractivity contribution < 1.29 is 0 Å². The van der Waals surface area contributed by atoms with E-state index in [1.807, 2.05) is 12.3 Å². The number of hydrogen-bond donors (Lipinski definition) is 2. The van der Waals surface area contributed by atoms with Crippen LogP contribution < -0.4 is 10.6 Å². The maximum atomic E-state index is 4.53. The highest BCUT2D eigenvalue weighted by Crippen LogP contribution is 2.19. The molecule has 1 aromatic rings. The minimum Gasteiger partial charge on any atom is -0.370 e. The van der Waals surface area contributed by atoms with Crippen molar-refractivity contribution in [3.8, 4) is 0 Å². The second-order valence-corrected chi connectivity index (χ2v) is 5.72. The Hall–Kier alpha value is -1.01. The number of nitrogens with zero attached hydrogens (tertiary/aromatic N) is 3. The summed E-state index contributed by atoms with van der Waals surface area (Å²) in [6.07, 6.45) is 4.27. The molecule has 1 saturated heterocycles. The molecule has 0 aliphatic carbocycles. The molecule has 1 fully saturated rings. The van der Waals surface area contributed by atoms with E-state index >= 15 is 0 Å². The van der Waals surface area contributed by atoms with E-state index in [-0.39, 0.29) is 0 Å². The highest BCUT2D eigenvalue weighted by molar-refractivity contribution is 7.98. The van der Waals surface area contributed by atoms with Crippen molar-refractivity contribution in [3.63, 3.8) is 0 Å². The van der Waals surface area contributed by atoms with Crippen LogP contribution >= 0.6 is 11.8 Å². The molecule has 2 rings (SSSR count). The van der Waals surface area contributed by atoms with Crippen LogP contribution in [0, 0.1) is 0 Å². The second-order valence-electron chi connectivity index (χ2n) is 4.94. The smallest absolute Gasteiger partial charge is 0.191 e. The van der Waals surface area contributed by atoms with E-state index in [0.717, 1.165) is 42.8 Å². The van der Waals surface area contributed by atoms with Gasteiger partial charge in [-0.15, -0.1) is 0 Å². The van der Waals surface area contributed by atoms with E-state index in [9.17, 15) is 0 Å². The predicted octanol–water partition coefficient (Wildman–Crippen LogP) is 2.14. The lowest BCUT2D eigenvalue weighted by molar-refractivity contribution is 0.414. The maximum Gasteiger partial charge on any atom is 0.191 e. The molecule has 0 amide bonds. The van der Waals surface area contributed by atoms with E-state index in [1.54, 1.807) is 11.8 Å². The summed E-state index contributed by atoms with van der Waals surface area (Å²) in [4.78, 5) is 11.3. The normalized spacial score (nSPS) is 19.6. The highest BCUT2D eigenvalue weighted by Gasteiger charge is 2.19. The predicted molar refractivity (Wildman–Crippen MR) is 82.1 cm³/mol. The lowest BCUT2D eigenvalue weighted by atomic mass is 10.2. The van der Waals surface area contributed by atoms with Gasteiger partial charge in [0.05, 0.1) is 0 Å². The summed E-state index contributed by atoms with van der Waals surface area (Å²) in [7, 11) is 2.16. The molecule has 0 radical (unpaired) electrons. The van der Waals surface area contributed by atoms with Gasteiger partial charge in [-0.05, 0) is 32.7 Å². The SMILES string of the molecule is CCCNc1cc(NC2CCN(C)C2)nc(SC)n1. The van der Waals surface area contributed by atoms with Crippen LogP contribution in [0.1, 0.15) is 19.8 Å². The molecule has 5 nitrogen and oxygen atoms in total. The van der Waals surface area contributed by atoms with Gasteiger partial charge in [0, 0.05) is 25.2 Å². The van der Waals surface area contributed by atoms with Crippen molar-refractivity contribution in [1.29, 1.82) is 0 Å². The zero-order valence-corrected chi connectivity index (χ0v) is 12.8. The average Bonchev–Trinajstić information content (AvgIpc) is 2.81. The first-order chi connectivity index (χ1) is 9.21. The molecule has 19 heavy (non-hydrogen) atoms. The summed E-state index contributed by atoms with van der Waals surface area (Å²) in [6, 6.07) is 2.50. The minimum absolute atomic E-state index is 0.494. The van der Waals surface area contributed by atoms with Crippen LogP contribution in [-0.4, -0.2) is 53.8 Å². The summed E-state index contributed by atoms with van der Waals surface area (Å²) in [5, 5.41) is 7.66. The monoisotopic (exact) mass is 281 g/mol. The quantitative estimate of drug-likeness (QED) is 0.615. The first-order valence-corrected chi connectivity index (χ1v) is 8.05. The van der Waals surface area contributed by atoms with Crippen molar-refractivity contribution >= 4 is 23.4 Å². The van der Waals surface area contributed by atoms with Gasteiger partial charge in [-0.3, -0.25) is 0 Å². The Morgan fingerprint density at radius 2 is 2.21 bits per heavy atom. The van der Waals surface area contributed by atoms with Gasteiger partial charge >= 0.3 is 0 Å². The molecule has 1 aromatic heterocycles. The van der Waals surface area contributed by atoms with Crippen LogP contribution in [0.3, 0.4) is 0 Å². The number of rotatable bonds is 6. The molecule has 106 valence electrons. The standard InChI is InChI=1S/C13H23N5S/c1-4-6-14-11-8-12(17-13(16-11)19-3)15-10-5-7-18(2)9-10/h8,10H,4-7,9H2,1-3H3,(H2,14,15,16,17). The number of nitrogens with one attached hydrogen (secondary N) is 2. The number of aromatic nitrogens is 2. The van der Waals surface area contributed by atoms with Gasteiger partial charge in [-0.2, -0.15) is 0 Å². The third kappa shape index (κ3) is 4.24. The molecule has 2 heterocycles. The van der Waals surface area contributed by atoms with Gasteiger partial charge in [-0.1, -0.05) is 18.7 Å². The van der Waals surface area contributed by atoms with Gasteiger partial charge in [0.2, 0.25) is 0 Å². The van der Waals surface area contributed by atoms with Crippen LogP contribution in [0.2, 0.25) is 0 Å². The van der Waals surface area contributed by atoms with Crippen molar-refractivity contribution in [2.75, 3.05) is 43.6 Å². The molecule has 0 bridgehead atoms. The second kappa shape index (κ2) is 6.96. The van der Waals surface area contributed by atoms with E-state index in [2.05, 4.69) is 39.5 Å². The minimum atomic E-state index is 0.494. The summed E-state index contributed by atoms with van der Waals surface area (Å²) < 4.78 is 0. The Bertz CT molecular complexity index is 412. The molecule has 1 unspecified atom stereocenters. The van der Waals surface area contributed by atoms with Gasteiger partial charge in [0.1, 0.15) is 11.6 Å². The number of hydrogen-bond acceptors (Lipinski definition) is 6. The first-order valence-electron chi connectivity index (χ1n) is 6.83. The van der Waals surface area contributed by atoms with Crippen molar-refractivity contribution in [2.24, 2.45) is 0 Å². The molecule has 0 aromatic carbocycles. The number of likely N-dealkylation sites (tertiary alicyclic amines) is 1. The Labute approximate surface area is 119 Å². The molecule has 0 saturated carbocycles. The Kier molecular flexibility index (Phi) is 5.27. The zero-order chi connectivity index (χ0) is 13.7. The molecular formula is C13H23N5S. The fraction of sp³-hybridized carbons (Fsp3) is 0.692. The molecule has 1 atom stereocenters.